The molecule has 2 N–H and O–H groups in total. The first-order valence-corrected chi connectivity index (χ1v) is 14.3. The van der Waals surface area contributed by atoms with Gasteiger partial charge in [0.15, 0.2) is 0 Å². The number of anilines is 2. The molecule has 1 atom stereocenters. The Hall–Kier alpha value is -3.48. The molecule has 2 saturated heterocycles. The molecule has 38 heavy (non-hydrogen) atoms. The Morgan fingerprint density at radius 3 is 2.39 bits per heavy atom. The minimum atomic E-state index is -3.84. The highest BCUT2D eigenvalue weighted by molar-refractivity contribution is 7.92. The summed E-state index contributed by atoms with van der Waals surface area (Å²) >= 11 is 0. The van der Waals surface area contributed by atoms with Crippen LogP contribution in [-0.4, -0.2) is 89.4 Å². The molecule has 11 nitrogen and oxygen atoms in total. The monoisotopic (exact) mass is 544 g/mol. The van der Waals surface area contributed by atoms with Crippen molar-refractivity contribution in [2.24, 2.45) is 0 Å². The molecule has 2 aromatic rings. The van der Waals surface area contributed by atoms with Crippen LogP contribution in [-0.2, 0) is 24.3 Å². The Balaban J connectivity index is 1.43. The van der Waals surface area contributed by atoms with Crippen LogP contribution in [0.2, 0.25) is 0 Å². The normalized spacial score (nSPS) is 17.6. The highest BCUT2D eigenvalue weighted by Crippen LogP contribution is 2.21. The van der Waals surface area contributed by atoms with Crippen LogP contribution in [0.25, 0.3) is 0 Å². The lowest BCUT2D eigenvalue weighted by Gasteiger charge is -2.27. The smallest absolute Gasteiger partial charge is 0.254 e. The molecule has 204 valence electrons. The van der Waals surface area contributed by atoms with Gasteiger partial charge < -0.3 is 25.0 Å². The maximum absolute atomic E-state index is 12.9. The van der Waals surface area contributed by atoms with Gasteiger partial charge >= 0.3 is 0 Å². The van der Waals surface area contributed by atoms with Crippen LogP contribution in [0.3, 0.4) is 0 Å². The molecular weight excluding hydrogens is 512 g/mol. The number of nitrogens with one attached hydrogen (secondary N) is 2. The largest absolute Gasteiger partial charge is 0.378 e. The second-order valence-electron chi connectivity index (χ2n) is 9.16. The number of sulfonamides is 1. The second kappa shape index (κ2) is 12.4. The topological polar surface area (TPSA) is 134 Å². The molecule has 0 saturated carbocycles. The number of ether oxygens (including phenoxy) is 2. The van der Waals surface area contributed by atoms with Crippen molar-refractivity contribution in [3.8, 4) is 0 Å². The zero-order valence-corrected chi connectivity index (χ0v) is 22.0. The number of nitrogens with zero attached hydrogens (tertiary/aromatic N) is 2. The summed E-state index contributed by atoms with van der Waals surface area (Å²) in [5.41, 5.74) is 1.18. The van der Waals surface area contributed by atoms with Crippen LogP contribution in [0.5, 0.6) is 0 Å². The van der Waals surface area contributed by atoms with Gasteiger partial charge in [0.25, 0.3) is 11.8 Å². The van der Waals surface area contributed by atoms with Gasteiger partial charge in [0, 0.05) is 31.8 Å². The van der Waals surface area contributed by atoms with Gasteiger partial charge in [-0.3, -0.25) is 18.7 Å². The average molecular weight is 545 g/mol. The third-order valence-corrected chi connectivity index (χ3v) is 7.49. The molecule has 12 heteroatoms. The lowest BCUT2D eigenvalue weighted by Crippen LogP contribution is -2.40. The Bertz CT molecular complexity index is 1250. The summed E-state index contributed by atoms with van der Waals surface area (Å²) in [5, 5.41) is 5.48. The van der Waals surface area contributed by atoms with E-state index in [1.54, 1.807) is 29.2 Å². The number of hydrogen-bond donors (Lipinski definition) is 2. The van der Waals surface area contributed by atoms with E-state index in [1.807, 2.05) is 0 Å². The minimum Gasteiger partial charge on any atom is -0.378 e. The van der Waals surface area contributed by atoms with E-state index in [-0.39, 0.29) is 34.9 Å². The van der Waals surface area contributed by atoms with Crippen LogP contribution < -0.4 is 14.9 Å². The van der Waals surface area contributed by atoms with Crippen LogP contribution >= 0.6 is 0 Å². The highest BCUT2D eigenvalue weighted by atomic mass is 32.2. The molecule has 0 bridgehead atoms. The van der Waals surface area contributed by atoms with Crippen molar-refractivity contribution in [1.29, 1.82) is 0 Å². The van der Waals surface area contributed by atoms with E-state index in [2.05, 4.69) is 10.6 Å². The predicted molar refractivity (Wildman–Crippen MR) is 142 cm³/mol. The maximum atomic E-state index is 12.9. The summed E-state index contributed by atoms with van der Waals surface area (Å²) in [5.74, 6) is -1.15. The van der Waals surface area contributed by atoms with Crippen molar-refractivity contribution in [3.05, 3.63) is 59.7 Å². The fourth-order valence-corrected chi connectivity index (χ4v) is 5.19. The van der Waals surface area contributed by atoms with E-state index >= 15 is 0 Å². The molecule has 0 aliphatic carbocycles. The molecule has 0 spiro atoms. The maximum Gasteiger partial charge on any atom is 0.254 e. The number of carbonyl (C=O) groups excluding carboxylic acids is 3. The molecule has 1 unspecified atom stereocenters. The Morgan fingerprint density at radius 1 is 1.03 bits per heavy atom. The number of hydrogen-bond acceptors (Lipinski definition) is 7. The van der Waals surface area contributed by atoms with Gasteiger partial charge in [-0.05, 0) is 49.2 Å². The van der Waals surface area contributed by atoms with Gasteiger partial charge in [-0.2, -0.15) is 0 Å². The number of morpholine rings is 1. The first-order valence-electron chi connectivity index (χ1n) is 12.5. The number of rotatable bonds is 9. The van der Waals surface area contributed by atoms with Crippen molar-refractivity contribution in [2.45, 2.75) is 18.9 Å². The molecule has 2 heterocycles. The van der Waals surface area contributed by atoms with Crippen molar-refractivity contribution in [2.75, 3.05) is 61.9 Å². The number of amides is 3. The highest BCUT2D eigenvalue weighted by Gasteiger charge is 2.24. The van der Waals surface area contributed by atoms with Crippen LogP contribution in [0.1, 0.15) is 33.6 Å². The van der Waals surface area contributed by atoms with Crippen molar-refractivity contribution < 1.29 is 32.3 Å². The third-order valence-electron chi connectivity index (χ3n) is 6.35. The fraction of sp³-hybridized carbons (Fsp3) is 0.423. The van der Waals surface area contributed by atoms with Gasteiger partial charge in [0.1, 0.15) is 6.54 Å². The Labute approximate surface area is 222 Å². The number of carbonyl (C=O) groups is 3. The van der Waals surface area contributed by atoms with Crippen molar-refractivity contribution in [3.63, 3.8) is 0 Å². The Morgan fingerprint density at radius 2 is 1.74 bits per heavy atom. The van der Waals surface area contributed by atoms with Crippen LogP contribution in [0.4, 0.5) is 11.4 Å². The lowest BCUT2D eigenvalue weighted by atomic mass is 10.1. The zero-order valence-electron chi connectivity index (χ0n) is 21.2. The molecule has 0 aromatic heterocycles. The predicted octanol–water partition coefficient (Wildman–Crippen LogP) is 1.47. The van der Waals surface area contributed by atoms with Gasteiger partial charge in [-0.25, -0.2) is 8.42 Å². The molecule has 2 aliphatic heterocycles. The summed E-state index contributed by atoms with van der Waals surface area (Å²) < 4.78 is 36.9. The summed E-state index contributed by atoms with van der Waals surface area (Å²) in [7, 11) is -3.84. The molecule has 4 rings (SSSR count). The molecular formula is C26H32N4O7S. The van der Waals surface area contributed by atoms with Crippen molar-refractivity contribution in [1.82, 2.24) is 10.2 Å². The first-order chi connectivity index (χ1) is 18.2. The zero-order chi connectivity index (χ0) is 27.1. The summed E-state index contributed by atoms with van der Waals surface area (Å²) in [4.78, 5) is 40.0. The van der Waals surface area contributed by atoms with E-state index in [1.165, 1.54) is 24.3 Å². The van der Waals surface area contributed by atoms with Gasteiger partial charge in [-0.15, -0.1) is 0 Å². The van der Waals surface area contributed by atoms with Crippen LogP contribution in [0.15, 0.2) is 48.5 Å². The SMILES string of the molecule is CS(=O)(=O)N(CC(=O)Nc1ccccc1C(=O)NCC1CCCO1)c1ccc(C(=O)N2CCOCC2)cc1. The van der Waals surface area contributed by atoms with Gasteiger partial charge in [0.05, 0.1) is 42.5 Å². The third kappa shape index (κ3) is 7.09. The van der Waals surface area contributed by atoms with Gasteiger partial charge in [0.2, 0.25) is 15.9 Å². The number of para-hydroxylation sites is 1. The summed E-state index contributed by atoms with van der Waals surface area (Å²) in [6.45, 7) is 2.46. The minimum absolute atomic E-state index is 0.0282. The average Bonchev–Trinajstić information content (AvgIpc) is 3.44. The standard InChI is InChI=1S/C26H32N4O7S/c1-38(34,35)30(20-10-8-19(9-11-20)26(33)29-12-15-36-16-13-29)18-24(31)28-23-7-3-2-6-22(23)25(32)27-17-21-5-4-14-37-21/h2-3,6-11,21H,4-5,12-18H2,1H3,(H,27,32)(H,28,31). The summed E-state index contributed by atoms with van der Waals surface area (Å²) in [6, 6.07) is 12.6. The van der Waals surface area contributed by atoms with Crippen molar-refractivity contribution >= 4 is 39.1 Å². The van der Waals surface area contributed by atoms with E-state index in [4.69, 9.17) is 9.47 Å². The van der Waals surface area contributed by atoms with E-state index < -0.39 is 22.5 Å². The number of benzene rings is 2. The first kappa shape index (κ1) is 27.6. The molecule has 2 fully saturated rings. The summed E-state index contributed by atoms with van der Waals surface area (Å²) in [6.07, 6.45) is 2.80. The molecule has 0 radical (unpaired) electrons. The fourth-order valence-electron chi connectivity index (χ4n) is 4.34. The van der Waals surface area contributed by atoms with Crippen LogP contribution in [0, 0.1) is 0 Å². The second-order valence-corrected chi connectivity index (χ2v) is 11.1. The molecule has 3 amide bonds. The Kier molecular flexibility index (Phi) is 8.97. The van der Waals surface area contributed by atoms with E-state index in [9.17, 15) is 22.8 Å². The quantitative estimate of drug-likeness (QED) is 0.488. The molecule has 2 aliphatic rings. The van der Waals surface area contributed by atoms with E-state index in [0.29, 0.717) is 45.0 Å². The van der Waals surface area contributed by atoms with Gasteiger partial charge in [-0.1, -0.05) is 12.1 Å². The lowest BCUT2D eigenvalue weighted by molar-refractivity contribution is -0.114. The van der Waals surface area contributed by atoms with E-state index in [0.717, 1.165) is 23.4 Å². The molecule has 2 aromatic carbocycles.